The SMILES string of the molecule is Cc1cccc(C(=O)Nc2ccc(NC(=O)c3ccco3)c(C)c2)c1. The van der Waals surface area contributed by atoms with Crippen molar-refractivity contribution in [3.05, 3.63) is 83.3 Å². The number of rotatable bonds is 4. The molecule has 0 saturated carbocycles. The molecule has 2 aromatic carbocycles. The van der Waals surface area contributed by atoms with Crippen LogP contribution in [0, 0.1) is 13.8 Å². The molecule has 1 heterocycles. The molecule has 126 valence electrons. The summed E-state index contributed by atoms with van der Waals surface area (Å²) in [7, 11) is 0. The number of carbonyl (C=O) groups excluding carboxylic acids is 2. The van der Waals surface area contributed by atoms with E-state index in [0.29, 0.717) is 16.9 Å². The molecule has 2 amide bonds. The van der Waals surface area contributed by atoms with Crippen molar-refractivity contribution in [3.63, 3.8) is 0 Å². The predicted molar refractivity (Wildman–Crippen MR) is 97.0 cm³/mol. The third kappa shape index (κ3) is 3.95. The van der Waals surface area contributed by atoms with Crippen molar-refractivity contribution in [2.24, 2.45) is 0 Å². The van der Waals surface area contributed by atoms with Crippen LogP contribution in [0.25, 0.3) is 0 Å². The first kappa shape index (κ1) is 16.5. The molecule has 0 fully saturated rings. The van der Waals surface area contributed by atoms with Crippen LogP contribution in [0.15, 0.2) is 65.3 Å². The molecule has 1 aromatic heterocycles. The van der Waals surface area contributed by atoms with E-state index in [1.165, 1.54) is 6.26 Å². The first-order chi connectivity index (χ1) is 12.0. The summed E-state index contributed by atoms with van der Waals surface area (Å²) in [5.74, 6) is -0.239. The van der Waals surface area contributed by atoms with Crippen molar-refractivity contribution in [3.8, 4) is 0 Å². The molecule has 0 bridgehead atoms. The Morgan fingerprint density at radius 1 is 0.880 bits per heavy atom. The number of nitrogens with one attached hydrogen (secondary N) is 2. The first-order valence-electron chi connectivity index (χ1n) is 7.86. The molecule has 0 spiro atoms. The van der Waals surface area contributed by atoms with Gasteiger partial charge in [-0.2, -0.15) is 0 Å². The Kier molecular flexibility index (Phi) is 4.66. The van der Waals surface area contributed by atoms with Crippen LogP contribution in [-0.2, 0) is 0 Å². The van der Waals surface area contributed by atoms with Gasteiger partial charge in [0.25, 0.3) is 11.8 Å². The van der Waals surface area contributed by atoms with E-state index in [1.807, 2.05) is 38.1 Å². The highest BCUT2D eigenvalue weighted by Crippen LogP contribution is 2.21. The molecule has 0 aliphatic carbocycles. The Balaban J connectivity index is 1.71. The van der Waals surface area contributed by atoms with E-state index in [1.54, 1.807) is 30.3 Å². The van der Waals surface area contributed by atoms with Gasteiger partial charge in [-0.25, -0.2) is 0 Å². The molecule has 3 rings (SSSR count). The first-order valence-corrected chi connectivity index (χ1v) is 7.86. The number of aryl methyl sites for hydroxylation is 2. The molecule has 5 nitrogen and oxygen atoms in total. The number of hydrogen-bond acceptors (Lipinski definition) is 3. The predicted octanol–water partition coefficient (Wildman–Crippen LogP) is 4.40. The van der Waals surface area contributed by atoms with Crippen LogP contribution in [0.2, 0.25) is 0 Å². The van der Waals surface area contributed by atoms with Gasteiger partial charge in [-0.1, -0.05) is 17.7 Å². The van der Waals surface area contributed by atoms with Gasteiger partial charge in [0.2, 0.25) is 0 Å². The minimum atomic E-state index is -0.315. The van der Waals surface area contributed by atoms with Crippen molar-refractivity contribution in [1.82, 2.24) is 0 Å². The van der Waals surface area contributed by atoms with Crippen LogP contribution in [0.1, 0.15) is 32.0 Å². The summed E-state index contributed by atoms with van der Waals surface area (Å²) in [6.07, 6.45) is 1.45. The average Bonchev–Trinajstić information content (AvgIpc) is 3.12. The molecule has 25 heavy (non-hydrogen) atoms. The van der Waals surface area contributed by atoms with E-state index in [0.717, 1.165) is 11.1 Å². The topological polar surface area (TPSA) is 71.3 Å². The molecule has 5 heteroatoms. The smallest absolute Gasteiger partial charge is 0.291 e. The maximum absolute atomic E-state index is 12.3. The summed E-state index contributed by atoms with van der Waals surface area (Å²) in [5.41, 5.74) is 3.80. The number of carbonyl (C=O) groups is 2. The monoisotopic (exact) mass is 334 g/mol. The minimum absolute atomic E-state index is 0.171. The number of furan rings is 1. The Morgan fingerprint density at radius 2 is 1.72 bits per heavy atom. The third-order valence-electron chi connectivity index (χ3n) is 3.76. The van der Waals surface area contributed by atoms with E-state index in [-0.39, 0.29) is 17.6 Å². The largest absolute Gasteiger partial charge is 0.459 e. The van der Waals surface area contributed by atoms with Crippen LogP contribution in [-0.4, -0.2) is 11.8 Å². The fourth-order valence-corrected chi connectivity index (χ4v) is 2.46. The maximum Gasteiger partial charge on any atom is 0.291 e. The van der Waals surface area contributed by atoms with Gasteiger partial charge in [-0.05, 0) is 61.9 Å². The second-order valence-electron chi connectivity index (χ2n) is 5.78. The highest BCUT2D eigenvalue weighted by molar-refractivity contribution is 6.05. The third-order valence-corrected chi connectivity index (χ3v) is 3.76. The molecule has 0 atom stereocenters. The molecule has 0 radical (unpaired) electrons. The molecule has 2 N–H and O–H groups in total. The van der Waals surface area contributed by atoms with E-state index in [4.69, 9.17) is 4.42 Å². The number of amides is 2. The van der Waals surface area contributed by atoms with Gasteiger partial charge in [0.1, 0.15) is 0 Å². The minimum Gasteiger partial charge on any atom is -0.459 e. The van der Waals surface area contributed by atoms with E-state index < -0.39 is 0 Å². The zero-order valence-electron chi connectivity index (χ0n) is 14.0. The molecule has 0 unspecified atom stereocenters. The summed E-state index contributed by atoms with van der Waals surface area (Å²) in [6, 6.07) is 16.0. The summed E-state index contributed by atoms with van der Waals surface area (Å²) in [4.78, 5) is 24.3. The molecular weight excluding hydrogens is 316 g/mol. The zero-order chi connectivity index (χ0) is 17.8. The van der Waals surface area contributed by atoms with Crippen molar-refractivity contribution in [2.75, 3.05) is 10.6 Å². The van der Waals surface area contributed by atoms with Crippen molar-refractivity contribution in [2.45, 2.75) is 13.8 Å². The average molecular weight is 334 g/mol. The molecule has 0 aliphatic heterocycles. The summed E-state index contributed by atoms with van der Waals surface area (Å²) in [5, 5.41) is 5.65. The molecule has 0 saturated heterocycles. The van der Waals surface area contributed by atoms with E-state index >= 15 is 0 Å². The number of anilines is 2. The van der Waals surface area contributed by atoms with Crippen molar-refractivity contribution < 1.29 is 14.0 Å². The lowest BCUT2D eigenvalue weighted by atomic mass is 10.1. The van der Waals surface area contributed by atoms with Crippen LogP contribution < -0.4 is 10.6 Å². The normalized spacial score (nSPS) is 10.3. The number of hydrogen-bond donors (Lipinski definition) is 2. The Labute approximate surface area is 145 Å². The fourth-order valence-electron chi connectivity index (χ4n) is 2.46. The quantitative estimate of drug-likeness (QED) is 0.743. The van der Waals surface area contributed by atoms with Gasteiger partial charge in [0.15, 0.2) is 5.76 Å². The van der Waals surface area contributed by atoms with Gasteiger partial charge in [0, 0.05) is 16.9 Å². The standard InChI is InChI=1S/C20H18N2O3/c1-13-5-3-6-15(11-13)19(23)21-16-8-9-17(14(2)12-16)22-20(24)18-7-4-10-25-18/h3-12H,1-2H3,(H,21,23)(H,22,24). The zero-order valence-corrected chi connectivity index (χ0v) is 14.0. The van der Waals surface area contributed by atoms with Crippen LogP contribution in [0.3, 0.4) is 0 Å². The van der Waals surface area contributed by atoms with Gasteiger partial charge in [-0.15, -0.1) is 0 Å². The molecule has 3 aromatic rings. The molecular formula is C20H18N2O3. The summed E-state index contributed by atoms with van der Waals surface area (Å²) in [6.45, 7) is 3.80. The summed E-state index contributed by atoms with van der Waals surface area (Å²) >= 11 is 0. The van der Waals surface area contributed by atoms with Crippen molar-refractivity contribution >= 4 is 23.2 Å². The lowest BCUT2D eigenvalue weighted by molar-refractivity contribution is 0.0994. The Hall–Kier alpha value is -3.34. The highest BCUT2D eigenvalue weighted by atomic mass is 16.3. The summed E-state index contributed by atoms with van der Waals surface area (Å²) < 4.78 is 5.07. The highest BCUT2D eigenvalue weighted by Gasteiger charge is 2.11. The van der Waals surface area contributed by atoms with Gasteiger partial charge in [-0.3, -0.25) is 9.59 Å². The van der Waals surface area contributed by atoms with Gasteiger partial charge >= 0.3 is 0 Å². The van der Waals surface area contributed by atoms with E-state index in [2.05, 4.69) is 10.6 Å². The number of benzene rings is 2. The second-order valence-corrected chi connectivity index (χ2v) is 5.78. The van der Waals surface area contributed by atoms with Crippen LogP contribution in [0.4, 0.5) is 11.4 Å². The van der Waals surface area contributed by atoms with E-state index in [9.17, 15) is 9.59 Å². The Morgan fingerprint density at radius 3 is 2.40 bits per heavy atom. The van der Waals surface area contributed by atoms with Gasteiger partial charge < -0.3 is 15.1 Å². The Bertz CT molecular complexity index is 914. The fraction of sp³-hybridized carbons (Fsp3) is 0.100. The lowest BCUT2D eigenvalue weighted by Crippen LogP contribution is -2.14. The van der Waals surface area contributed by atoms with Crippen LogP contribution in [0.5, 0.6) is 0 Å². The lowest BCUT2D eigenvalue weighted by Gasteiger charge is -2.11. The van der Waals surface area contributed by atoms with Crippen LogP contribution >= 0.6 is 0 Å². The second kappa shape index (κ2) is 7.05. The van der Waals surface area contributed by atoms with Gasteiger partial charge in [0.05, 0.1) is 6.26 Å². The maximum atomic E-state index is 12.3. The molecule has 0 aliphatic rings. The van der Waals surface area contributed by atoms with Crippen molar-refractivity contribution in [1.29, 1.82) is 0 Å².